The smallest absolute Gasteiger partial charge is 0.337 e. The SMILES string of the molecule is COCOC1=C(C)C(=O)OC1C. The van der Waals surface area contributed by atoms with Gasteiger partial charge in [0.1, 0.15) is 5.76 Å². The van der Waals surface area contributed by atoms with Crippen LogP contribution in [0.5, 0.6) is 0 Å². The van der Waals surface area contributed by atoms with Crippen molar-refractivity contribution >= 4 is 5.97 Å². The summed E-state index contributed by atoms with van der Waals surface area (Å²) in [7, 11) is 1.53. The molecule has 1 heterocycles. The maximum absolute atomic E-state index is 11.0. The van der Waals surface area contributed by atoms with Gasteiger partial charge in [0.05, 0.1) is 5.57 Å². The molecular weight excluding hydrogens is 160 g/mol. The van der Waals surface area contributed by atoms with Gasteiger partial charge in [-0.05, 0) is 13.8 Å². The van der Waals surface area contributed by atoms with Gasteiger partial charge in [-0.2, -0.15) is 0 Å². The molecule has 1 rings (SSSR count). The lowest BCUT2D eigenvalue weighted by molar-refractivity contribution is -0.139. The summed E-state index contributed by atoms with van der Waals surface area (Å²) in [5.74, 6) is 0.260. The van der Waals surface area contributed by atoms with Gasteiger partial charge in [-0.3, -0.25) is 0 Å². The lowest BCUT2D eigenvalue weighted by atomic mass is 10.2. The summed E-state index contributed by atoms with van der Waals surface area (Å²) in [6.07, 6.45) is -0.285. The number of carbonyl (C=O) groups excluding carboxylic acids is 1. The molecule has 0 radical (unpaired) electrons. The van der Waals surface area contributed by atoms with Gasteiger partial charge in [0.2, 0.25) is 0 Å². The van der Waals surface area contributed by atoms with Gasteiger partial charge in [0.15, 0.2) is 12.9 Å². The summed E-state index contributed by atoms with van der Waals surface area (Å²) in [5, 5.41) is 0. The summed E-state index contributed by atoms with van der Waals surface area (Å²) in [6.45, 7) is 3.59. The van der Waals surface area contributed by atoms with Crippen LogP contribution in [-0.4, -0.2) is 26.0 Å². The molecule has 0 saturated carbocycles. The number of ether oxygens (including phenoxy) is 3. The number of methoxy groups -OCH3 is 1. The van der Waals surface area contributed by atoms with E-state index in [1.807, 2.05) is 0 Å². The molecule has 0 N–H and O–H groups in total. The maximum Gasteiger partial charge on any atom is 0.337 e. The average Bonchev–Trinajstić information content (AvgIpc) is 2.25. The predicted octanol–water partition coefficient (Wildman–Crippen LogP) is 0.826. The zero-order valence-corrected chi connectivity index (χ0v) is 7.42. The highest BCUT2D eigenvalue weighted by Gasteiger charge is 2.29. The van der Waals surface area contributed by atoms with E-state index in [4.69, 9.17) is 14.2 Å². The lowest BCUT2D eigenvalue weighted by Gasteiger charge is -2.09. The van der Waals surface area contributed by atoms with Gasteiger partial charge in [-0.15, -0.1) is 0 Å². The Kier molecular flexibility index (Phi) is 2.70. The van der Waals surface area contributed by atoms with Crippen LogP contribution in [0.3, 0.4) is 0 Å². The fourth-order valence-electron chi connectivity index (χ4n) is 1.06. The molecule has 0 aromatic carbocycles. The zero-order valence-electron chi connectivity index (χ0n) is 7.42. The average molecular weight is 172 g/mol. The first kappa shape index (κ1) is 9.06. The van der Waals surface area contributed by atoms with Crippen LogP contribution in [0.15, 0.2) is 11.3 Å². The molecule has 1 aliphatic heterocycles. The number of cyclic esters (lactones) is 1. The molecule has 0 fully saturated rings. The third-order valence-electron chi connectivity index (χ3n) is 1.66. The fourth-order valence-corrected chi connectivity index (χ4v) is 1.06. The van der Waals surface area contributed by atoms with E-state index in [0.29, 0.717) is 11.3 Å². The largest absolute Gasteiger partial charge is 0.467 e. The van der Waals surface area contributed by atoms with Gasteiger partial charge in [0, 0.05) is 7.11 Å². The van der Waals surface area contributed by atoms with Gasteiger partial charge < -0.3 is 14.2 Å². The van der Waals surface area contributed by atoms with Crippen LogP contribution in [0, 0.1) is 0 Å². The van der Waals surface area contributed by atoms with E-state index in [0.717, 1.165) is 0 Å². The van der Waals surface area contributed by atoms with Gasteiger partial charge in [0.25, 0.3) is 0 Å². The molecule has 1 aliphatic rings. The first-order valence-electron chi connectivity index (χ1n) is 3.70. The number of hydrogen-bond acceptors (Lipinski definition) is 4. The monoisotopic (exact) mass is 172 g/mol. The van der Waals surface area contributed by atoms with Crippen molar-refractivity contribution in [3.8, 4) is 0 Å². The van der Waals surface area contributed by atoms with E-state index in [9.17, 15) is 4.79 Å². The van der Waals surface area contributed by atoms with E-state index in [-0.39, 0.29) is 18.9 Å². The Morgan fingerprint density at radius 2 is 2.25 bits per heavy atom. The summed E-state index contributed by atoms with van der Waals surface area (Å²) in [4.78, 5) is 11.0. The topological polar surface area (TPSA) is 44.8 Å². The highest BCUT2D eigenvalue weighted by molar-refractivity contribution is 5.91. The van der Waals surface area contributed by atoms with Crippen LogP contribution < -0.4 is 0 Å². The molecule has 1 atom stereocenters. The first-order chi connectivity index (χ1) is 5.66. The summed E-state index contributed by atoms with van der Waals surface area (Å²) in [5.41, 5.74) is 0.527. The summed E-state index contributed by atoms with van der Waals surface area (Å²) < 4.78 is 14.8. The minimum absolute atomic E-state index is 0.146. The normalized spacial score (nSPS) is 22.9. The molecule has 0 amide bonds. The molecule has 68 valence electrons. The van der Waals surface area contributed by atoms with E-state index in [1.54, 1.807) is 13.8 Å². The second kappa shape index (κ2) is 3.58. The Morgan fingerprint density at radius 1 is 1.58 bits per heavy atom. The van der Waals surface area contributed by atoms with Crippen molar-refractivity contribution in [3.63, 3.8) is 0 Å². The minimum atomic E-state index is -0.311. The minimum Gasteiger partial charge on any atom is -0.467 e. The van der Waals surface area contributed by atoms with Crippen molar-refractivity contribution in [2.45, 2.75) is 20.0 Å². The van der Waals surface area contributed by atoms with Crippen molar-refractivity contribution in [1.29, 1.82) is 0 Å². The van der Waals surface area contributed by atoms with Gasteiger partial charge >= 0.3 is 5.97 Å². The van der Waals surface area contributed by atoms with Crippen LogP contribution in [0.25, 0.3) is 0 Å². The molecule has 12 heavy (non-hydrogen) atoms. The molecule has 1 unspecified atom stereocenters. The highest BCUT2D eigenvalue weighted by Crippen LogP contribution is 2.22. The van der Waals surface area contributed by atoms with Crippen LogP contribution in [0.2, 0.25) is 0 Å². The maximum atomic E-state index is 11.0. The Hall–Kier alpha value is -1.03. The van der Waals surface area contributed by atoms with E-state index < -0.39 is 0 Å². The summed E-state index contributed by atoms with van der Waals surface area (Å²) in [6, 6.07) is 0. The zero-order chi connectivity index (χ0) is 9.14. The third kappa shape index (κ3) is 1.58. The van der Waals surface area contributed by atoms with Crippen molar-refractivity contribution in [1.82, 2.24) is 0 Å². The molecule has 0 aromatic rings. The van der Waals surface area contributed by atoms with Crippen LogP contribution in [0.4, 0.5) is 0 Å². The Labute approximate surface area is 71.1 Å². The van der Waals surface area contributed by atoms with Crippen molar-refractivity contribution in [2.75, 3.05) is 13.9 Å². The molecule has 0 spiro atoms. The molecule has 4 heteroatoms. The van der Waals surface area contributed by atoms with Crippen molar-refractivity contribution in [3.05, 3.63) is 11.3 Å². The molecule has 0 saturated heterocycles. The van der Waals surface area contributed by atoms with E-state index >= 15 is 0 Å². The molecular formula is C8H12O4. The highest BCUT2D eigenvalue weighted by atomic mass is 16.7. The van der Waals surface area contributed by atoms with E-state index in [1.165, 1.54) is 7.11 Å². The van der Waals surface area contributed by atoms with Crippen molar-refractivity contribution in [2.24, 2.45) is 0 Å². The quantitative estimate of drug-likeness (QED) is 0.467. The number of carbonyl (C=O) groups is 1. The fraction of sp³-hybridized carbons (Fsp3) is 0.625. The van der Waals surface area contributed by atoms with Crippen molar-refractivity contribution < 1.29 is 19.0 Å². The summed E-state index contributed by atoms with van der Waals surface area (Å²) >= 11 is 0. The van der Waals surface area contributed by atoms with Crippen LogP contribution in [-0.2, 0) is 19.0 Å². The standard InChI is InChI=1S/C8H12O4/c1-5-7(11-4-10-3)6(2)12-8(5)9/h6H,4H2,1-3H3. The molecule has 4 nitrogen and oxygen atoms in total. The molecule has 0 aliphatic carbocycles. The first-order valence-corrected chi connectivity index (χ1v) is 3.70. The Morgan fingerprint density at radius 3 is 2.67 bits per heavy atom. The lowest BCUT2D eigenvalue weighted by Crippen LogP contribution is -2.09. The molecule has 0 aromatic heterocycles. The predicted molar refractivity (Wildman–Crippen MR) is 41.2 cm³/mol. The third-order valence-corrected chi connectivity index (χ3v) is 1.66. The van der Waals surface area contributed by atoms with Crippen LogP contribution >= 0.6 is 0 Å². The number of esters is 1. The van der Waals surface area contributed by atoms with Gasteiger partial charge in [-0.25, -0.2) is 4.79 Å². The van der Waals surface area contributed by atoms with Gasteiger partial charge in [-0.1, -0.05) is 0 Å². The number of hydrogen-bond donors (Lipinski definition) is 0. The second-order valence-corrected chi connectivity index (χ2v) is 2.59. The number of rotatable bonds is 3. The second-order valence-electron chi connectivity index (χ2n) is 2.59. The Balaban J connectivity index is 2.65. The van der Waals surface area contributed by atoms with E-state index in [2.05, 4.69) is 0 Å². The Bertz CT molecular complexity index is 219. The van der Waals surface area contributed by atoms with Crippen LogP contribution in [0.1, 0.15) is 13.8 Å². The molecule has 0 bridgehead atoms.